The van der Waals surface area contributed by atoms with Crippen molar-refractivity contribution in [2.75, 3.05) is 0 Å². The van der Waals surface area contributed by atoms with Gasteiger partial charge in [-0.1, -0.05) is 12.1 Å². The predicted octanol–water partition coefficient (Wildman–Crippen LogP) is 1.58. The molecule has 0 saturated heterocycles. The van der Waals surface area contributed by atoms with Crippen LogP contribution in [0.5, 0.6) is 0 Å². The van der Waals surface area contributed by atoms with Crippen LogP contribution in [-0.2, 0) is 4.74 Å². The number of nitrogens with zero attached hydrogens (tertiary/aromatic N) is 1. The lowest BCUT2D eigenvalue weighted by Gasteiger charge is -2.06. The van der Waals surface area contributed by atoms with Gasteiger partial charge in [0, 0.05) is 12.5 Å². The van der Waals surface area contributed by atoms with Crippen molar-refractivity contribution in [1.82, 2.24) is 0 Å². The molecule has 0 aromatic heterocycles. The van der Waals surface area contributed by atoms with Crippen molar-refractivity contribution >= 4 is 11.8 Å². The molecule has 0 saturated carbocycles. The highest BCUT2D eigenvalue weighted by Crippen LogP contribution is 2.13. The van der Waals surface area contributed by atoms with Gasteiger partial charge < -0.3 is 9.84 Å². The van der Waals surface area contributed by atoms with Gasteiger partial charge >= 0.3 is 0 Å². The maximum Gasteiger partial charge on any atom is 0.220 e. The number of aliphatic hydroxyl groups is 1. The molecule has 3 N–H and O–H groups in total. The third-order valence-electron chi connectivity index (χ3n) is 1.87. The Morgan fingerprint density at radius 1 is 1.38 bits per heavy atom. The van der Waals surface area contributed by atoms with Crippen molar-refractivity contribution in [3.8, 4) is 6.07 Å². The molecule has 5 heteroatoms. The summed E-state index contributed by atoms with van der Waals surface area (Å²) in [5, 5.41) is 32.3. The first-order valence-corrected chi connectivity index (χ1v) is 4.54. The van der Waals surface area contributed by atoms with Gasteiger partial charge in [-0.2, -0.15) is 5.26 Å². The van der Waals surface area contributed by atoms with Crippen LogP contribution in [0.3, 0.4) is 0 Å². The van der Waals surface area contributed by atoms with Gasteiger partial charge in [0.15, 0.2) is 12.0 Å². The topological polar surface area (TPSA) is 101 Å². The summed E-state index contributed by atoms with van der Waals surface area (Å²) >= 11 is 0. The standard InChI is InChI=1S/C11H11N3O2/c1-7(13)16-11(14)9-4-2-8(3-5-9)10(15)6-12/h2-5,10,13-15H,1H3. The zero-order valence-corrected chi connectivity index (χ0v) is 8.69. The number of hydrogen-bond acceptors (Lipinski definition) is 5. The van der Waals surface area contributed by atoms with E-state index in [1.54, 1.807) is 30.3 Å². The quantitative estimate of drug-likeness (QED) is 0.398. The van der Waals surface area contributed by atoms with Crippen LogP contribution in [0, 0.1) is 22.1 Å². The molecule has 1 aromatic carbocycles. The first-order chi connectivity index (χ1) is 7.54. The van der Waals surface area contributed by atoms with Gasteiger partial charge in [-0.15, -0.1) is 0 Å². The average molecular weight is 217 g/mol. The molecule has 1 rings (SSSR count). The van der Waals surface area contributed by atoms with E-state index >= 15 is 0 Å². The van der Waals surface area contributed by atoms with Gasteiger partial charge in [0.2, 0.25) is 5.90 Å². The molecule has 0 aliphatic rings. The smallest absolute Gasteiger partial charge is 0.220 e. The SMILES string of the molecule is CC(=N)OC(=N)c1ccc(C(O)C#N)cc1. The number of nitriles is 1. The Bertz CT molecular complexity index is 445. The molecule has 0 amide bonds. The third-order valence-corrected chi connectivity index (χ3v) is 1.87. The largest absolute Gasteiger partial charge is 0.426 e. The first kappa shape index (κ1) is 11.9. The summed E-state index contributed by atoms with van der Waals surface area (Å²) in [7, 11) is 0. The van der Waals surface area contributed by atoms with Gasteiger partial charge in [-0.3, -0.25) is 10.8 Å². The third kappa shape index (κ3) is 2.90. The highest BCUT2D eigenvalue weighted by molar-refractivity contribution is 5.98. The fourth-order valence-corrected chi connectivity index (χ4v) is 1.10. The normalized spacial score (nSPS) is 11.3. The van der Waals surface area contributed by atoms with Gasteiger partial charge in [-0.25, -0.2) is 0 Å². The number of benzene rings is 1. The fourth-order valence-electron chi connectivity index (χ4n) is 1.10. The van der Waals surface area contributed by atoms with Crippen LogP contribution >= 0.6 is 0 Å². The van der Waals surface area contributed by atoms with Crippen molar-refractivity contribution in [2.24, 2.45) is 0 Å². The molecule has 82 valence electrons. The van der Waals surface area contributed by atoms with Crippen molar-refractivity contribution < 1.29 is 9.84 Å². The molecular weight excluding hydrogens is 206 g/mol. The second-order valence-electron chi connectivity index (χ2n) is 3.14. The Kier molecular flexibility index (Phi) is 3.75. The summed E-state index contributed by atoms with van der Waals surface area (Å²) in [6, 6.07) is 7.90. The second kappa shape index (κ2) is 5.05. The molecule has 0 radical (unpaired) electrons. The fraction of sp³-hybridized carbons (Fsp3) is 0.182. The Labute approximate surface area is 92.9 Å². The maximum atomic E-state index is 9.22. The van der Waals surface area contributed by atoms with Crippen molar-refractivity contribution in [2.45, 2.75) is 13.0 Å². The number of rotatable bonds is 2. The molecular formula is C11H11N3O2. The van der Waals surface area contributed by atoms with Crippen LogP contribution in [0.4, 0.5) is 0 Å². The molecule has 0 spiro atoms. The zero-order chi connectivity index (χ0) is 12.1. The molecule has 0 bridgehead atoms. The van der Waals surface area contributed by atoms with Gasteiger partial charge in [0.25, 0.3) is 0 Å². The van der Waals surface area contributed by atoms with Gasteiger partial charge in [0.1, 0.15) is 0 Å². The van der Waals surface area contributed by atoms with E-state index in [-0.39, 0.29) is 11.8 Å². The minimum atomic E-state index is -1.16. The van der Waals surface area contributed by atoms with E-state index in [0.29, 0.717) is 11.1 Å². The van der Waals surface area contributed by atoms with Crippen LogP contribution in [0.1, 0.15) is 24.2 Å². The molecule has 16 heavy (non-hydrogen) atoms. The van der Waals surface area contributed by atoms with E-state index in [0.717, 1.165) is 0 Å². The highest BCUT2D eigenvalue weighted by atomic mass is 16.5. The lowest BCUT2D eigenvalue weighted by molar-refractivity contribution is 0.236. The summed E-state index contributed by atoms with van der Waals surface area (Å²) in [6.45, 7) is 1.43. The predicted molar refractivity (Wildman–Crippen MR) is 58.3 cm³/mol. The van der Waals surface area contributed by atoms with E-state index in [2.05, 4.69) is 0 Å². The number of nitrogens with one attached hydrogen (secondary N) is 2. The number of hydrogen-bond donors (Lipinski definition) is 3. The van der Waals surface area contributed by atoms with Gasteiger partial charge in [-0.05, 0) is 17.7 Å². The number of ether oxygens (including phenoxy) is 1. The highest BCUT2D eigenvalue weighted by Gasteiger charge is 2.07. The minimum Gasteiger partial charge on any atom is -0.426 e. The molecule has 1 unspecified atom stereocenters. The summed E-state index contributed by atoms with van der Waals surface area (Å²) in [5.74, 6) is -0.198. The Morgan fingerprint density at radius 2 is 1.94 bits per heavy atom. The second-order valence-corrected chi connectivity index (χ2v) is 3.14. The van der Waals surface area contributed by atoms with E-state index in [9.17, 15) is 5.11 Å². The van der Waals surface area contributed by atoms with E-state index < -0.39 is 6.10 Å². The molecule has 0 heterocycles. The molecule has 0 aliphatic carbocycles. The average Bonchev–Trinajstić information content (AvgIpc) is 2.27. The van der Waals surface area contributed by atoms with Crippen LogP contribution in [0.15, 0.2) is 24.3 Å². The van der Waals surface area contributed by atoms with Crippen LogP contribution < -0.4 is 0 Å². The van der Waals surface area contributed by atoms with Crippen molar-refractivity contribution in [1.29, 1.82) is 16.1 Å². The van der Waals surface area contributed by atoms with Crippen LogP contribution in [0.2, 0.25) is 0 Å². The number of aliphatic hydroxyl groups excluding tert-OH is 1. The Balaban J connectivity index is 2.83. The molecule has 1 atom stereocenters. The molecule has 0 fully saturated rings. The van der Waals surface area contributed by atoms with E-state index in [1.807, 2.05) is 0 Å². The summed E-state index contributed by atoms with van der Waals surface area (Å²) < 4.78 is 4.80. The summed E-state index contributed by atoms with van der Waals surface area (Å²) in [5.41, 5.74) is 0.950. The molecule has 5 nitrogen and oxygen atoms in total. The Morgan fingerprint density at radius 3 is 2.38 bits per heavy atom. The van der Waals surface area contributed by atoms with Crippen molar-refractivity contribution in [3.05, 3.63) is 35.4 Å². The monoisotopic (exact) mass is 217 g/mol. The minimum absolute atomic E-state index is 0.0638. The lowest BCUT2D eigenvalue weighted by atomic mass is 10.1. The summed E-state index contributed by atoms with van der Waals surface area (Å²) in [6.07, 6.45) is -1.16. The maximum absolute atomic E-state index is 9.22. The molecule has 1 aromatic rings. The zero-order valence-electron chi connectivity index (χ0n) is 8.69. The van der Waals surface area contributed by atoms with E-state index in [4.69, 9.17) is 20.8 Å². The van der Waals surface area contributed by atoms with Crippen LogP contribution in [0.25, 0.3) is 0 Å². The summed E-state index contributed by atoms with van der Waals surface area (Å²) in [4.78, 5) is 0. The molecule has 0 aliphatic heterocycles. The van der Waals surface area contributed by atoms with Gasteiger partial charge in [0.05, 0.1) is 6.07 Å². The Hall–Kier alpha value is -2.19. The lowest BCUT2D eigenvalue weighted by Crippen LogP contribution is -2.08. The first-order valence-electron chi connectivity index (χ1n) is 4.54. The van der Waals surface area contributed by atoms with Crippen molar-refractivity contribution in [3.63, 3.8) is 0 Å². The van der Waals surface area contributed by atoms with E-state index in [1.165, 1.54) is 6.92 Å². The van der Waals surface area contributed by atoms with Crippen LogP contribution in [-0.4, -0.2) is 16.9 Å².